The number of ether oxygens (including phenoxy) is 1. The van der Waals surface area contributed by atoms with Gasteiger partial charge in [0.1, 0.15) is 12.1 Å². The number of nitrogens with one attached hydrogen (secondary N) is 1. The molecule has 1 amide bonds. The van der Waals surface area contributed by atoms with Crippen LogP contribution >= 0.6 is 0 Å². The van der Waals surface area contributed by atoms with Gasteiger partial charge in [0, 0.05) is 25.7 Å². The predicted octanol–water partition coefficient (Wildman–Crippen LogP) is -0.308. The van der Waals surface area contributed by atoms with E-state index in [0.717, 1.165) is 15.2 Å². The Bertz CT molecular complexity index is 940. The van der Waals surface area contributed by atoms with Gasteiger partial charge in [0.15, 0.2) is 6.61 Å². The zero-order valence-corrected chi connectivity index (χ0v) is 13.5. The standard InChI is InChI=1S/C16H15N3O6/c1-18-12(7-14(22)19(2)16(18)24)17-13(21)9-25-15(23)11-5-3-10(8-20)4-6-11/h3-8H,9H2,1-2H3,(H,17,21). The Balaban J connectivity index is 2.01. The second-order valence-corrected chi connectivity index (χ2v) is 5.13. The summed E-state index contributed by atoms with van der Waals surface area (Å²) in [5.41, 5.74) is -0.596. The van der Waals surface area contributed by atoms with Gasteiger partial charge in [-0.15, -0.1) is 0 Å². The summed E-state index contributed by atoms with van der Waals surface area (Å²) in [4.78, 5) is 57.6. The van der Waals surface area contributed by atoms with Crippen LogP contribution in [0.1, 0.15) is 20.7 Å². The largest absolute Gasteiger partial charge is 0.452 e. The highest BCUT2D eigenvalue weighted by Gasteiger charge is 2.13. The zero-order chi connectivity index (χ0) is 18.6. The van der Waals surface area contributed by atoms with Gasteiger partial charge < -0.3 is 10.1 Å². The van der Waals surface area contributed by atoms with E-state index in [9.17, 15) is 24.0 Å². The van der Waals surface area contributed by atoms with Crippen molar-refractivity contribution in [3.8, 4) is 0 Å². The third-order valence-electron chi connectivity index (χ3n) is 3.41. The maximum absolute atomic E-state index is 11.8. The summed E-state index contributed by atoms with van der Waals surface area (Å²) in [5, 5.41) is 2.33. The fourth-order valence-corrected chi connectivity index (χ4v) is 1.94. The first-order valence-corrected chi connectivity index (χ1v) is 7.12. The second kappa shape index (κ2) is 7.39. The molecule has 1 aromatic carbocycles. The molecule has 0 aliphatic rings. The van der Waals surface area contributed by atoms with Gasteiger partial charge in [-0.1, -0.05) is 12.1 Å². The molecular formula is C16H15N3O6. The summed E-state index contributed by atoms with van der Waals surface area (Å²) >= 11 is 0. The van der Waals surface area contributed by atoms with Gasteiger partial charge in [-0.3, -0.25) is 23.5 Å². The van der Waals surface area contributed by atoms with Crippen LogP contribution < -0.4 is 16.6 Å². The molecule has 0 saturated carbocycles. The second-order valence-electron chi connectivity index (χ2n) is 5.13. The van der Waals surface area contributed by atoms with Crippen molar-refractivity contribution in [2.24, 2.45) is 14.1 Å². The Morgan fingerprint density at radius 1 is 1.12 bits per heavy atom. The van der Waals surface area contributed by atoms with Crippen molar-refractivity contribution in [2.75, 3.05) is 11.9 Å². The summed E-state index contributed by atoms with van der Waals surface area (Å²) < 4.78 is 6.82. The first kappa shape index (κ1) is 17.9. The Morgan fingerprint density at radius 3 is 2.36 bits per heavy atom. The minimum Gasteiger partial charge on any atom is -0.452 e. The molecule has 25 heavy (non-hydrogen) atoms. The first-order valence-electron chi connectivity index (χ1n) is 7.12. The zero-order valence-electron chi connectivity index (χ0n) is 13.5. The lowest BCUT2D eigenvalue weighted by molar-refractivity contribution is -0.119. The number of esters is 1. The molecule has 0 unspecified atom stereocenters. The molecule has 9 heteroatoms. The van der Waals surface area contributed by atoms with E-state index in [4.69, 9.17) is 4.74 Å². The third-order valence-corrected chi connectivity index (χ3v) is 3.41. The predicted molar refractivity (Wildman–Crippen MR) is 87.7 cm³/mol. The number of amides is 1. The Hall–Kier alpha value is -3.49. The number of carbonyl (C=O) groups is 3. The third kappa shape index (κ3) is 4.08. The van der Waals surface area contributed by atoms with Crippen LogP contribution in [0, 0.1) is 0 Å². The lowest BCUT2D eigenvalue weighted by atomic mass is 10.1. The number of hydrogen-bond acceptors (Lipinski definition) is 6. The van der Waals surface area contributed by atoms with Crippen LogP contribution in [0.2, 0.25) is 0 Å². The molecule has 1 heterocycles. The number of anilines is 1. The van der Waals surface area contributed by atoms with Crippen molar-refractivity contribution in [1.29, 1.82) is 0 Å². The van der Waals surface area contributed by atoms with Crippen LogP contribution in [0.4, 0.5) is 5.82 Å². The topological polar surface area (TPSA) is 116 Å². The monoisotopic (exact) mass is 345 g/mol. The van der Waals surface area contributed by atoms with Crippen molar-refractivity contribution in [2.45, 2.75) is 0 Å². The molecule has 0 fully saturated rings. The van der Waals surface area contributed by atoms with E-state index in [0.29, 0.717) is 11.8 Å². The molecule has 2 aromatic rings. The van der Waals surface area contributed by atoms with Gasteiger partial charge in [-0.25, -0.2) is 9.59 Å². The average Bonchev–Trinajstić information content (AvgIpc) is 2.62. The summed E-state index contributed by atoms with van der Waals surface area (Å²) in [5.74, 6) is -1.46. The van der Waals surface area contributed by atoms with E-state index in [1.165, 1.54) is 38.4 Å². The summed E-state index contributed by atoms with van der Waals surface area (Å²) in [6.07, 6.45) is 0.636. The first-order chi connectivity index (χ1) is 11.8. The van der Waals surface area contributed by atoms with E-state index in [1.54, 1.807) is 0 Å². The van der Waals surface area contributed by atoms with E-state index in [-0.39, 0.29) is 11.4 Å². The lowest BCUT2D eigenvalue weighted by Crippen LogP contribution is -2.38. The van der Waals surface area contributed by atoms with Crippen molar-refractivity contribution in [3.05, 3.63) is 62.3 Å². The molecule has 0 bridgehead atoms. The number of hydrogen-bond donors (Lipinski definition) is 1. The molecule has 0 aliphatic carbocycles. The highest BCUT2D eigenvalue weighted by atomic mass is 16.5. The Morgan fingerprint density at radius 2 is 1.76 bits per heavy atom. The highest BCUT2D eigenvalue weighted by molar-refractivity contribution is 5.95. The number of benzene rings is 1. The van der Waals surface area contributed by atoms with E-state index < -0.39 is 29.7 Å². The summed E-state index contributed by atoms with van der Waals surface area (Å²) in [6.45, 7) is -0.600. The van der Waals surface area contributed by atoms with E-state index in [1.807, 2.05) is 0 Å². The van der Waals surface area contributed by atoms with Crippen molar-refractivity contribution < 1.29 is 19.1 Å². The molecule has 130 valence electrons. The summed E-state index contributed by atoms with van der Waals surface area (Å²) in [7, 11) is 2.70. The molecule has 1 aromatic heterocycles. The van der Waals surface area contributed by atoms with Crippen LogP contribution in [0.3, 0.4) is 0 Å². The number of aromatic nitrogens is 2. The van der Waals surface area contributed by atoms with Gasteiger partial charge in [-0.2, -0.15) is 0 Å². The minimum atomic E-state index is -0.745. The lowest BCUT2D eigenvalue weighted by Gasteiger charge is -2.11. The van der Waals surface area contributed by atoms with Gasteiger partial charge in [-0.05, 0) is 12.1 Å². The van der Waals surface area contributed by atoms with Crippen molar-refractivity contribution in [1.82, 2.24) is 9.13 Å². The molecule has 0 aliphatic heterocycles. The number of rotatable bonds is 5. The fourth-order valence-electron chi connectivity index (χ4n) is 1.94. The average molecular weight is 345 g/mol. The molecule has 9 nitrogen and oxygen atoms in total. The van der Waals surface area contributed by atoms with E-state index in [2.05, 4.69) is 5.32 Å². The van der Waals surface area contributed by atoms with Crippen LogP contribution in [0.15, 0.2) is 39.9 Å². The molecular weight excluding hydrogens is 330 g/mol. The normalized spacial score (nSPS) is 10.2. The number of nitrogens with zero attached hydrogens (tertiary/aromatic N) is 2. The van der Waals surface area contributed by atoms with Crippen LogP contribution in [0.5, 0.6) is 0 Å². The van der Waals surface area contributed by atoms with Gasteiger partial charge in [0.05, 0.1) is 5.56 Å². The minimum absolute atomic E-state index is 0.00974. The van der Waals surface area contributed by atoms with E-state index >= 15 is 0 Å². The SMILES string of the molecule is Cn1c(NC(=O)COC(=O)c2ccc(C=O)cc2)cc(=O)n(C)c1=O. The fraction of sp³-hybridized carbons (Fsp3) is 0.188. The Kier molecular flexibility index (Phi) is 5.28. The van der Waals surface area contributed by atoms with Crippen LogP contribution in [0.25, 0.3) is 0 Å². The molecule has 2 rings (SSSR count). The molecule has 0 saturated heterocycles. The molecule has 0 spiro atoms. The smallest absolute Gasteiger partial charge is 0.338 e. The molecule has 1 N–H and O–H groups in total. The highest BCUT2D eigenvalue weighted by Crippen LogP contribution is 2.05. The van der Waals surface area contributed by atoms with Crippen molar-refractivity contribution in [3.63, 3.8) is 0 Å². The number of aldehydes is 1. The maximum atomic E-state index is 11.8. The van der Waals surface area contributed by atoms with Crippen LogP contribution in [-0.4, -0.2) is 33.9 Å². The Labute approximate surface area is 141 Å². The molecule has 0 atom stereocenters. The van der Waals surface area contributed by atoms with Gasteiger partial charge in [0.2, 0.25) is 0 Å². The van der Waals surface area contributed by atoms with Gasteiger partial charge in [0.25, 0.3) is 11.5 Å². The van der Waals surface area contributed by atoms with Crippen molar-refractivity contribution >= 4 is 24.0 Å². The quantitative estimate of drug-likeness (QED) is 0.587. The van der Waals surface area contributed by atoms with Crippen LogP contribution in [-0.2, 0) is 23.6 Å². The molecule has 0 radical (unpaired) electrons. The maximum Gasteiger partial charge on any atom is 0.338 e. The van der Waals surface area contributed by atoms with Gasteiger partial charge >= 0.3 is 11.7 Å². The summed E-state index contributed by atoms with van der Waals surface area (Å²) in [6, 6.07) is 6.76. The number of carbonyl (C=O) groups excluding carboxylic acids is 3.